The molecule has 3 aromatic rings. The summed E-state index contributed by atoms with van der Waals surface area (Å²) in [7, 11) is 0. The predicted molar refractivity (Wildman–Crippen MR) is 147 cm³/mol. The lowest BCUT2D eigenvalue weighted by molar-refractivity contribution is -0.140. The monoisotopic (exact) mass is 533 g/mol. The molecule has 0 saturated carbocycles. The largest absolute Gasteiger partial charge is 0.507 e. The van der Waals surface area contributed by atoms with Crippen molar-refractivity contribution in [3.05, 3.63) is 83.3 Å². The van der Waals surface area contributed by atoms with Crippen LogP contribution in [0.25, 0.3) is 5.76 Å². The van der Waals surface area contributed by atoms with Crippen LogP contribution in [0.2, 0.25) is 0 Å². The van der Waals surface area contributed by atoms with E-state index in [2.05, 4.69) is 13.8 Å². The van der Waals surface area contributed by atoms with Gasteiger partial charge in [0, 0.05) is 5.56 Å². The van der Waals surface area contributed by atoms with Crippen molar-refractivity contribution in [1.82, 2.24) is 4.90 Å². The molecule has 1 unspecified atom stereocenters. The molecular formula is C31H35NO7. The molecule has 0 radical (unpaired) electrons. The number of hydrogen-bond donors (Lipinski definition) is 1. The summed E-state index contributed by atoms with van der Waals surface area (Å²) in [5.74, 6) is 0.966. The van der Waals surface area contributed by atoms with Gasteiger partial charge in [0.05, 0.1) is 44.2 Å². The number of aliphatic hydroxyl groups is 1. The average molecular weight is 534 g/mol. The zero-order chi connectivity index (χ0) is 27.9. The first-order valence-corrected chi connectivity index (χ1v) is 13.3. The average Bonchev–Trinajstić information content (AvgIpc) is 3.52. The Kier molecular flexibility index (Phi) is 8.96. The Hall–Kier alpha value is -4.20. The molecule has 1 atom stereocenters. The van der Waals surface area contributed by atoms with Gasteiger partial charge in [0.15, 0.2) is 11.5 Å². The smallest absolute Gasteiger partial charge is 0.296 e. The van der Waals surface area contributed by atoms with Crippen LogP contribution in [0.4, 0.5) is 0 Å². The van der Waals surface area contributed by atoms with Crippen molar-refractivity contribution < 1.29 is 33.3 Å². The van der Waals surface area contributed by atoms with Crippen molar-refractivity contribution >= 4 is 17.4 Å². The van der Waals surface area contributed by atoms with Crippen LogP contribution in [-0.2, 0) is 16.1 Å². The second kappa shape index (κ2) is 12.6. The minimum Gasteiger partial charge on any atom is -0.507 e. The number of nitrogens with zero attached hydrogens (tertiary/aromatic N) is 1. The minimum atomic E-state index is -0.870. The molecule has 1 aromatic heterocycles. The lowest BCUT2D eigenvalue weighted by Gasteiger charge is -2.25. The number of likely N-dealkylation sites (tertiary alicyclic amines) is 1. The van der Waals surface area contributed by atoms with Gasteiger partial charge < -0.3 is 28.6 Å². The van der Waals surface area contributed by atoms with Gasteiger partial charge in [-0.3, -0.25) is 9.59 Å². The van der Waals surface area contributed by atoms with Crippen molar-refractivity contribution in [1.29, 1.82) is 0 Å². The van der Waals surface area contributed by atoms with E-state index in [1.807, 2.05) is 13.8 Å². The second-order valence-corrected chi connectivity index (χ2v) is 9.63. The van der Waals surface area contributed by atoms with Gasteiger partial charge in [-0.2, -0.15) is 0 Å². The second-order valence-electron chi connectivity index (χ2n) is 9.63. The van der Waals surface area contributed by atoms with Crippen molar-refractivity contribution in [2.75, 3.05) is 19.8 Å². The van der Waals surface area contributed by atoms with Crippen LogP contribution in [-0.4, -0.2) is 41.5 Å². The van der Waals surface area contributed by atoms with E-state index in [1.54, 1.807) is 54.6 Å². The molecule has 1 saturated heterocycles. The molecular weight excluding hydrogens is 498 g/mol. The fourth-order valence-electron chi connectivity index (χ4n) is 4.48. The number of hydrogen-bond acceptors (Lipinski definition) is 7. The van der Waals surface area contributed by atoms with Crippen molar-refractivity contribution in [2.45, 2.75) is 46.7 Å². The first-order valence-electron chi connectivity index (χ1n) is 13.3. The number of carbonyl (C=O) groups is 2. The molecule has 0 aliphatic carbocycles. The van der Waals surface area contributed by atoms with Crippen LogP contribution < -0.4 is 14.2 Å². The topological polar surface area (TPSA) is 98.4 Å². The zero-order valence-electron chi connectivity index (χ0n) is 22.8. The predicted octanol–water partition coefficient (Wildman–Crippen LogP) is 6.12. The van der Waals surface area contributed by atoms with Gasteiger partial charge in [-0.1, -0.05) is 19.9 Å². The molecule has 2 heterocycles. The molecule has 4 rings (SSSR count). The van der Waals surface area contributed by atoms with E-state index in [-0.39, 0.29) is 17.9 Å². The number of ether oxygens (including phenoxy) is 3. The third-order valence-electron chi connectivity index (χ3n) is 6.42. The Bertz CT molecular complexity index is 1310. The molecule has 8 nitrogen and oxygen atoms in total. The quantitative estimate of drug-likeness (QED) is 0.170. The van der Waals surface area contributed by atoms with E-state index < -0.39 is 17.7 Å². The van der Waals surface area contributed by atoms with Gasteiger partial charge in [0.1, 0.15) is 17.3 Å². The fraction of sp³-hybridized carbons (Fsp3) is 0.355. The molecule has 39 heavy (non-hydrogen) atoms. The summed E-state index contributed by atoms with van der Waals surface area (Å²) in [4.78, 5) is 28.1. The molecule has 1 aliphatic heterocycles. The number of benzene rings is 2. The summed E-state index contributed by atoms with van der Waals surface area (Å²) < 4.78 is 22.8. The zero-order valence-corrected chi connectivity index (χ0v) is 22.8. The van der Waals surface area contributed by atoms with Crippen LogP contribution in [0.15, 0.2) is 70.9 Å². The first kappa shape index (κ1) is 27.8. The summed E-state index contributed by atoms with van der Waals surface area (Å²) in [5, 5.41) is 11.4. The Morgan fingerprint density at radius 1 is 0.974 bits per heavy atom. The summed E-state index contributed by atoms with van der Waals surface area (Å²) in [6, 6.07) is 14.7. The van der Waals surface area contributed by atoms with Crippen molar-refractivity contribution in [3.8, 4) is 17.2 Å². The van der Waals surface area contributed by atoms with Gasteiger partial charge >= 0.3 is 0 Å². The van der Waals surface area contributed by atoms with Crippen LogP contribution in [0.1, 0.15) is 57.0 Å². The van der Waals surface area contributed by atoms with Gasteiger partial charge in [-0.05, 0) is 80.3 Å². The maximum absolute atomic E-state index is 13.4. The first-order chi connectivity index (χ1) is 18.8. The lowest BCUT2D eigenvalue weighted by atomic mass is 9.95. The van der Waals surface area contributed by atoms with Gasteiger partial charge in [-0.15, -0.1) is 0 Å². The van der Waals surface area contributed by atoms with Gasteiger partial charge in [-0.25, -0.2) is 0 Å². The van der Waals surface area contributed by atoms with E-state index in [9.17, 15) is 14.7 Å². The highest BCUT2D eigenvalue weighted by molar-refractivity contribution is 6.46. The number of carbonyl (C=O) groups excluding carboxylic acids is 2. The number of rotatable bonds is 12. The number of Topliss-reactive ketones (excluding diaryl/α,β-unsaturated/α-hetero) is 1. The SMILES string of the molecule is CCOc1ccc(C(O)=C2C(=O)C(=O)N(Cc3ccco3)C2c2ccc(OCCC(C)C)c(OCC)c2)cc1. The Morgan fingerprint density at radius 2 is 1.72 bits per heavy atom. The molecule has 1 N–H and O–H groups in total. The van der Waals surface area contributed by atoms with Crippen molar-refractivity contribution in [2.24, 2.45) is 5.92 Å². The maximum atomic E-state index is 13.4. The molecule has 1 fully saturated rings. The third-order valence-corrected chi connectivity index (χ3v) is 6.42. The summed E-state index contributed by atoms with van der Waals surface area (Å²) in [5.41, 5.74) is 0.998. The highest BCUT2D eigenvalue weighted by Gasteiger charge is 2.46. The number of ketones is 1. The molecule has 1 aliphatic rings. The van der Waals surface area contributed by atoms with Crippen LogP contribution in [0.5, 0.6) is 17.2 Å². The summed E-state index contributed by atoms with van der Waals surface area (Å²) in [6.07, 6.45) is 2.40. The number of furan rings is 1. The third kappa shape index (κ3) is 6.28. The molecule has 1 amide bonds. The number of aliphatic hydroxyl groups excluding tert-OH is 1. The molecule has 206 valence electrons. The molecule has 2 aromatic carbocycles. The molecule has 8 heteroatoms. The Balaban J connectivity index is 1.79. The van der Waals surface area contributed by atoms with Crippen LogP contribution in [0, 0.1) is 5.92 Å². The summed E-state index contributed by atoms with van der Waals surface area (Å²) >= 11 is 0. The van der Waals surface area contributed by atoms with Crippen LogP contribution in [0.3, 0.4) is 0 Å². The lowest BCUT2D eigenvalue weighted by Crippen LogP contribution is -2.29. The normalized spacial score (nSPS) is 16.6. The Morgan fingerprint density at radius 3 is 2.36 bits per heavy atom. The van der Waals surface area contributed by atoms with Crippen LogP contribution >= 0.6 is 0 Å². The van der Waals surface area contributed by atoms with Crippen molar-refractivity contribution in [3.63, 3.8) is 0 Å². The fourth-order valence-corrected chi connectivity index (χ4v) is 4.48. The summed E-state index contributed by atoms with van der Waals surface area (Å²) in [6.45, 7) is 9.51. The van der Waals surface area contributed by atoms with E-state index in [0.717, 1.165) is 6.42 Å². The van der Waals surface area contributed by atoms with E-state index in [1.165, 1.54) is 11.2 Å². The number of amides is 1. The highest BCUT2D eigenvalue weighted by atomic mass is 16.5. The van der Waals surface area contributed by atoms with E-state index >= 15 is 0 Å². The highest BCUT2D eigenvalue weighted by Crippen LogP contribution is 2.43. The molecule has 0 spiro atoms. The van der Waals surface area contributed by atoms with E-state index in [0.29, 0.717) is 59.9 Å². The minimum absolute atomic E-state index is 0.00774. The van der Waals surface area contributed by atoms with Gasteiger partial charge in [0.25, 0.3) is 11.7 Å². The van der Waals surface area contributed by atoms with E-state index in [4.69, 9.17) is 18.6 Å². The van der Waals surface area contributed by atoms with Gasteiger partial charge in [0.2, 0.25) is 0 Å². The maximum Gasteiger partial charge on any atom is 0.296 e. The Labute approximate surface area is 228 Å². The standard InChI is InChI=1S/C31H35NO7/c1-5-36-23-12-9-21(10-13-23)29(33)27-28(32(31(35)30(27)34)19-24-8-7-16-38-24)22-11-14-25(26(18-22)37-6-2)39-17-15-20(3)4/h7-14,16,18,20,28,33H,5-6,15,17,19H2,1-4H3. The molecule has 0 bridgehead atoms.